The molecule has 2 rings (SSSR count). The van der Waals surface area contributed by atoms with Crippen molar-refractivity contribution in [2.45, 2.75) is 24.0 Å². The second-order valence-electron chi connectivity index (χ2n) is 3.27. The van der Waals surface area contributed by atoms with Crippen LogP contribution < -0.4 is 5.32 Å². The van der Waals surface area contributed by atoms with Crippen molar-refractivity contribution in [3.05, 3.63) is 6.33 Å². The molecule has 4 nitrogen and oxygen atoms in total. The molecule has 2 heterocycles. The molecule has 0 saturated carbocycles. The van der Waals surface area contributed by atoms with Crippen LogP contribution in [-0.2, 0) is 7.05 Å². The van der Waals surface area contributed by atoms with Crippen molar-refractivity contribution in [2.24, 2.45) is 7.05 Å². The van der Waals surface area contributed by atoms with Crippen molar-refractivity contribution in [1.29, 1.82) is 0 Å². The molecule has 72 valence electrons. The summed E-state index contributed by atoms with van der Waals surface area (Å²) < 4.78 is 1.82. The number of aromatic nitrogens is 3. The minimum Gasteiger partial charge on any atom is -0.313 e. The molecule has 1 N–H and O–H groups in total. The number of rotatable bonds is 3. The molecule has 1 fully saturated rings. The van der Waals surface area contributed by atoms with E-state index in [0.29, 0.717) is 6.04 Å². The first-order valence-corrected chi connectivity index (χ1v) is 5.55. The highest BCUT2D eigenvalue weighted by atomic mass is 32.2. The molecule has 5 heteroatoms. The van der Waals surface area contributed by atoms with Gasteiger partial charge in [0.15, 0.2) is 5.16 Å². The molecule has 0 bridgehead atoms. The van der Waals surface area contributed by atoms with Crippen molar-refractivity contribution in [2.75, 3.05) is 12.3 Å². The van der Waals surface area contributed by atoms with E-state index in [4.69, 9.17) is 0 Å². The lowest BCUT2D eigenvalue weighted by molar-refractivity contribution is 0.662. The summed E-state index contributed by atoms with van der Waals surface area (Å²) >= 11 is 1.78. The first kappa shape index (κ1) is 9.02. The Bertz CT molecular complexity index is 267. The summed E-state index contributed by atoms with van der Waals surface area (Å²) in [4.78, 5) is 4.16. The number of aryl methyl sites for hydroxylation is 1. The molecule has 1 aliphatic rings. The molecule has 0 unspecified atom stereocenters. The Balaban J connectivity index is 1.82. The highest BCUT2D eigenvalue weighted by Crippen LogP contribution is 2.17. The van der Waals surface area contributed by atoms with Gasteiger partial charge in [0.2, 0.25) is 0 Å². The van der Waals surface area contributed by atoms with Crippen LogP contribution in [-0.4, -0.2) is 33.1 Å². The van der Waals surface area contributed by atoms with Gasteiger partial charge in [-0.05, 0) is 19.4 Å². The minimum atomic E-state index is 0.668. The molecular formula is C8H14N4S. The Hall–Kier alpha value is -0.550. The van der Waals surface area contributed by atoms with Crippen molar-refractivity contribution in [3.8, 4) is 0 Å². The van der Waals surface area contributed by atoms with Gasteiger partial charge in [0, 0.05) is 18.8 Å². The molecular weight excluding hydrogens is 184 g/mol. The first-order valence-electron chi connectivity index (χ1n) is 4.56. The zero-order valence-electron chi connectivity index (χ0n) is 7.73. The van der Waals surface area contributed by atoms with E-state index in [2.05, 4.69) is 15.4 Å². The van der Waals surface area contributed by atoms with E-state index in [1.807, 2.05) is 11.7 Å². The fraction of sp³-hybridized carbons (Fsp3) is 0.750. The zero-order chi connectivity index (χ0) is 9.10. The standard InChI is InChI=1S/C8H14N4S/c1-12-8(10-6-11-12)13-5-7-3-2-4-9-7/h6-7,9H,2-5H2,1H3/t7-/m0/s1. The monoisotopic (exact) mass is 198 g/mol. The molecule has 1 atom stereocenters. The van der Waals surface area contributed by atoms with E-state index in [1.54, 1.807) is 18.1 Å². The SMILES string of the molecule is Cn1ncnc1SC[C@@H]1CCCN1. The van der Waals surface area contributed by atoms with Crippen LogP contribution in [0.4, 0.5) is 0 Å². The zero-order valence-corrected chi connectivity index (χ0v) is 8.55. The van der Waals surface area contributed by atoms with Crippen LogP contribution in [0, 0.1) is 0 Å². The maximum absolute atomic E-state index is 4.16. The van der Waals surface area contributed by atoms with E-state index >= 15 is 0 Å². The number of nitrogens with zero attached hydrogens (tertiary/aromatic N) is 3. The molecule has 1 saturated heterocycles. The van der Waals surface area contributed by atoms with E-state index in [9.17, 15) is 0 Å². The van der Waals surface area contributed by atoms with Gasteiger partial charge in [-0.15, -0.1) is 0 Å². The molecule has 0 aliphatic carbocycles. The van der Waals surface area contributed by atoms with Gasteiger partial charge in [0.25, 0.3) is 0 Å². The predicted molar refractivity (Wildman–Crippen MR) is 52.8 cm³/mol. The molecule has 0 spiro atoms. The Morgan fingerprint density at radius 2 is 2.69 bits per heavy atom. The smallest absolute Gasteiger partial charge is 0.185 e. The topological polar surface area (TPSA) is 42.7 Å². The van der Waals surface area contributed by atoms with Crippen molar-refractivity contribution < 1.29 is 0 Å². The maximum atomic E-state index is 4.16. The third-order valence-electron chi connectivity index (χ3n) is 2.25. The lowest BCUT2D eigenvalue weighted by Gasteiger charge is -2.07. The second-order valence-corrected chi connectivity index (χ2v) is 4.26. The van der Waals surface area contributed by atoms with Crippen LogP contribution in [0.2, 0.25) is 0 Å². The summed E-state index contributed by atoms with van der Waals surface area (Å²) in [6, 6.07) is 0.668. The van der Waals surface area contributed by atoms with E-state index in [0.717, 1.165) is 10.9 Å². The Morgan fingerprint density at radius 3 is 3.31 bits per heavy atom. The molecule has 0 aromatic carbocycles. The minimum absolute atomic E-state index is 0.668. The van der Waals surface area contributed by atoms with Crippen LogP contribution in [0.3, 0.4) is 0 Å². The summed E-state index contributed by atoms with van der Waals surface area (Å²) in [6.07, 6.45) is 4.21. The van der Waals surface area contributed by atoms with Gasteiger partial charge in [-0.25, -0.2) is 9.67 Å². The van der Waals surface area contributed by atoms with Crippen LogP contribution in [0.5, 0.6) is 0 Å². The summed E-state index contributed by atoms with van der Waals surface area (Å²) in [5, 5.41) is 8.49. The third kappa shape index (κ3) is 2.22. The number of thioether (sulfide) groups is 1. The highest BCUT2D eigenvalue weighted by Gasteiger charge is 2.14. The van der Waals surface area contributed by atoms with Crippen molar-refractivity contribution in [1.82, 2.24) is 20.1 Å². The van der Waals surface area contributed by atoms with Gasteiger partial charge in [0.1, 0.15) is 6.33 Å². The van der Waals surface area contributed by atoms with Gasteiger partial charge >= 0.3 is 0 Å². The van der Waals surface area contributed by atoms with Crippen LogP contribution in [0.25, 0.3) is 0 Å². The van der Waals surface area contributed by atoms with Gasteiger partial charge in [-0.3, -0.25) is 0 Å². The van der Waals surface area contributed by atoms with E-state index in [-0.39, 0.29) is 0 Å². The molecule has 1 aromatic heterocycles. The van der Waals surface area contributed by atoms with Crippen molar-refractivity contribution in [3.63, 3.8) is 0 Å². The maximum Gasteiger partial charge on any atom is 0.185 e. The van der Waals surface area contributed by atoms with E-state index in [1.165, 1.54) is 19.4 Å². The fourth-order valence-electron chi connectivity index (χ4n) is 1.49. The van der Waals surface area contributed by atoms with Crippen LogP contribution in [0.1, 0.15) is 12.8 Å². The average Bonchev–Trinajstić information content (AvgIpc) is 2.72. The number of nitrogens with one attached hydrogen (secondary N) is 1. The Labute approximate surface area is 82.1 Å². The molecule has 0 amide bonds. The summed E-state index contributed by atoms with van der Waals surface area (Å²) in [5.74, 6) is 1.10. The Kier molecular flexibility index (Phi) is 2.85. The van der Waals surface area contributed by atoms with Gasteiger partial charge < -0.3 is 5.32 Å². The summed E-state index contributed by atoms with van der Waals surface area (Å²) in [6.45, 7) is 1.17. The average molecular weight is 198 g/mol. The molecule has 1 aliphatic heterocycles. The lowest BCUT2D eigenvalue weighted by Crippen LogP contribution is -2.23. The van der Waals surface area contributed by atoms with Gasteiger partial charge in [0.05, 0.1) is 0 Å². The molecule has 1 aromatic rings. The largest absolute Gasteiger partial charge is 0.313 e. The van der Waals surface area contributed by atoms with Gasteiger partial charge in [-0.1, -0.05) is 11.8 Å². The normalized spacial score (nSPS) is 22.4. The summed E-state index contributed by atoms with van der Waals surface area (Å²) in [5.41, 5.74) is 0. The Morgan fingerprint density at radius 1 is 1.77 bits per heavy atom. The van der Waals surface area contributed by atoms with Crippen LogP contribution >= 0.6 is 11.8 Å². The molecule has 0 radical (unpaired) electrons. The predicted octanol–water partition coefficient (Wildman–Crippen LogP) is 0.659. The number of hydrogen-bond donors (Lipinski definition) is 1. The second kappa shape index (κ2) is 4.11. The lowest BCUT2D eigenvalue weighted by atomic mass is 10.3. The number of hydrogen-bond acceptors (Lipinski definition) is 4. The van der Waals surface area contributed by atoms with Crippen LogP contribution in [0.15, 0.2) is 11.5 Å². The summed E-state index contributed by atoms with van der Waals surface area (Å²) in [7, 11) is 1.93. The first-order chi connectivity index (χ1) is 6.36. The molecule has 13 heavy (non-hydrogen) atoms. The highest BCUT2D eigenvalue weighted by molar-refractivity contribution is 7.99. The van der Waals surface area contributed by atoms with Gasteiger partial charge in [-0.2, -0.15) is 5.10 Å². The van der Waals surface area contributed by atoms with E-state index < -0.39 is 0 Å². The fourth-order valence-corrected chi connectivity index (χ4v) is 2.48. The third-order valence-corrected chi connectivity index (χ3v) is 3.44. The van der Waals surface area contributed by atoms with Crippen molar-refractivity contribution >= 4 is 11.8 Å². The quantitative estimate of drug-likeness (QED) is 0.725.